The first-order valence-electron chi connectivity index (χ1n) is 7.57. The van der Waals surface area contributed by atoms with Crippen LogP contribution in [0.15, 0.2) is 12.1 Å². The maximum Gasteiger partial charge on any atom is 0.261 e. The molecule has 9 heteroatoms. The van der Waals surface area contributed by atoms with Crippen molar-refractivity contribution in [1.82, 2.24) is 15.1 Å². The predicted molar refractivity (Wildman–Crippen MR) is 96.2 cm³/mol. The highest BCUT2D eigenvalue weighted by molar-refractivity contribution is 7.15. The summed E-state index contributed by atoms with van der Waals surface area (Å²) in [6.45, 7) is 0.867. The van der Waals surface area contributed by atoms with Crippen molar-refractivity contribution in [3.63, 3.8) is 0 Å². The standard InChI is InChI=1S/C16H22N4O4S/c1-20(2)9-8-12-18-19-16(25-12)17-15(21)10-6-7-11(22-3)14(24-5)13(10)23-4/h6-7H,8-9H2,1-5H3,(H,17,19,21). The highest BCUT2D eigenvalue weighted by Crippen LogP contribution is 2.40. The Labute approximate surface area is 150 Å². The van der Waals surface area contributed by atoms with Crippen molar-refractivity contribution < 1.29 is 19.0 Å². The van der Waals surface area contributed by atoms with Gasteiger partial charge in [0.05, 0.1) is 26.9 Å². The van der Waals surface area contributed by atoms with Gasteiger partial charge in [-0.05, 0) is 26.2 Å². The summed E-state index contributed by atoms with van der Waals surface area (Å²) in [6.07, 6.45) is 0.778. The molecule has 0 aliphatic carbocycles. The monoisotopic (exact) mass is 366 g/mol. The van der Waals surface area contributed by atoms with Crippen LogP contribution in [-0.2, 0) is 6.42 Å². The molecule has 1 N–H and O–H groups in total. The molecule has 2 aromatic rings. The lowest BCUT2D eigenvalue weighted by Crippen LogP contribution is -2.14. The summed E-state index contributed by atoms with van der Waals surface area (Å²) in [6, 6.07) is 3.27. The van der Waals surface area contributed by atoms with Crippen LogP contribution in [0.5, 0.6) is 17.2 Å². The topological polar surface area (TPSA) is 85.8 Å². The molecular formula is C16H22N4O4S. The van der Waals surface area contributed by atoms with E-state index in [1.54, 1.807) is 12.1 Å². The number of nitrogens with one attached hydrogen (secondary N) is 1. The van der Waals surface area contributed by atoms with E-state index in [-0.39, 0.29) is 5.91 Å². The molecule has 1 amide bonds. The van der Waals surface area contributed by atoms with E-state index in [1.165, 1.54) is 32.7 Å². The van der Waals surface area contributed by atoms with Gasteiger partial charge in [-0.3, -0.25) is 10.1 Å². The zero-order valence-electron chi connectivity index (χ0n) is 15.0. The summed E-state index contributed by atoms with van der Waals surface area (Å²) in [5.74, 6) is 0.796. The third-order valence-electron chi connectivity index (χ3n) is 3.41. The molecule has 0 fully saturated rings. The summed E-state index contributed by atoms with van der Waals surface area (Å²) < 4.78 is 15.9. The number of hydrogen-bond donors (Lipinski definition) is 1. The summed E-state index contributed by atoms with van der Waals surface area (Å²) >= 11 is 1.35. The number of benzene rings is 1. The summed E-state index contributed by atoms with van der Waals surface area (Å²) in [5.41, 5.74) is 0.324. The minimum absolute atomic E-state index is 0.302. The van der Waals surface area contributed by atoms with E-state index in [1.807, 2.05) is 14.1 Å². The highest BCUT2D eigenvalue weighted by Gasteiger charge is 2.21. The van der Waals surface area contributed by atoms with Gasteiger partial charge in [0, 0.05) is 13.0 Å². The van der Waals surface area contributed by atoms with Gasteiger partial charge < -0.3 is 19.1 Å². The minimum Gasteiger partial charge on any atom is -0.493 e. The summed E-state index contributed by atoms with van der Waals surface area (Å²) in [4.78, 5) is 14.6. The maximum absolute atomic E-state index is 12.6. The zero-order valence-corrected chi connectivity index (χ0v) is 15.8. The molecule has 0 unspecified atom stereocenters. The molecule has 1 aromatic heterocycles. The number of anilines is 1. The van der Waals surface area contributed by atoms with Crippen molar-refractivity contribution >= 4 is 22.4 Å². The number of rotatable bonds is 8. The fourth-order valence-corrected chi connectivity index (χ4v) is 2.89. The summed E-state index contributed by atoms with van der Waals surface area (Å²) in [5, 5.41) is 12.2. The van der Waals surface area contributed by atoms with Crippen molar-refractivity contribution in [2.75, 3.05) is 47.3 Å². The van der Waals surface area contributed by atoms with E-state index in [9.17, 15) is 4.79 Å². The van der Waals surface area contributed by atoms with Crippen LogP contribution in [0, 0.1) is 0 Å². The third-order valence-corrected chi connectivity index (χ3v) is 4.31. The highest BCUT2D eigenvalue weighted by atomic mass is 32.1. The van der Waals surface area contributed by atoms with Gasteiger partial charge in [0.15, 0.2) is 11.5 Å². The van der Waals surface area contributed by atoms with Crippen LogP contribution in [0.4, 0.5) is 5.13 Å². The van der Waals surface area contributed by atoms with Crippen molar-refractivity contribution in [2.45, 2.75) is 6.42 Å². The molecular weight excluding hydrogens is 344 g/mol. The number of nitrogens with zero attached hydrogens (tertiary/aromatic N) is 3. The molecule has 136 valence electrons. The zero-order chi connectivity index (χ0) is 18.4. The minimum atomic E-state index is -0.354. The number of hydrogen-bond acceptors (Lipinski definition) is 8. The molecule has 0 saturated heterocycles. The van der Waals surface area contributed by atoms with Gasteiger partial charge in [0.2, 0.25) is 10.9 Å². The van der Waals surface area contributed by atoms with Gasteiger partial charge in [-0.2, -0.15) is 0 Å². The third kappa shape index (κ3) is 4.58. The average Bonchev–Trinajstić information content (AvgIpc) is 3.05. The van der Waals surface area contributed by atoms with E-state index < -0.39 is 0 Å². The van der Waals surface area contributed by atoms with Gasteiger partial charge in [-0.25, -0.2) is 0 Å². The first-order valence-corrected chi connectivity index (χ1v) is 8.39. The quantitative estimate of drug-likeness (QED) is 0.764. The number of carbonyl (C=O) groups is 1. The number of carbonyl (C=O) groups excluding carboxylic acids is 1. The average molecular weight is 366 g/mol. The lowest BCUT2D eigenvalue weighted by Gasteiger charge is -2.14. The van der Waals surface area contributed by atoms with E-state index in [0.717, 1.165) is 18.0 Å². The Hall–Kier alpha value is -2.39. The number of aromatic nitrogens is 2. The van der Waals surface area contributed by atoms with Crippen molar-refractivity contribution in [1.29, 1.82) is 0 Å². The first kappa shape index (κ1) is 18.9. The smallest absolute Gasteiger partial charge is 0.261 e. The molecule has 8 nitrogen and oxygen atoms in total. The first-order chi connectivity index (χ1) is 12.0. The molecule has 0 atom stereocenters. The van der Waals surface area contributed by atoms with Crippen molar-refractivity contribution in [2.24, 2.45) is 0 Å². The second-order valence-corrected chi connectivity index (χ2v) is 6.45. The molecule has 1 aromatic carbocycles. The van der Waals surface area contributed by atoms with Gasteiger partial charge >= 0.3 is 0 Å². The maximum atomic E-state index is 12.6. The molecule has 0 bridgehead atoms. The molecule has 25 heavy (non-hydrogen) atoms. The lowest BCUT2D eigenvalue weighted by atomic mass is 10.1. The second-order valence-electron chi connectivity index (χ2n) is 5.39. The molecule has 0 aliphatic rings. The largest absolute Gasteiger partial charge is 0.493 e. The van der Waals surface area contributed by atoms with Crippen LogP contribution in [0.1, 0.15) is 15.4 Å². The number of amides is 1. The fourth-order valence-electron chi connectivity index (χ4n) is 2.17. The Balaban J connectivity index is 2.18. The predicted octanol–water partition coefficient (Wildman–Crippen LogP) is 1.92. The second kappa shape index (κ2) is 8.63. The van der Waals surface area contributed by atoms with Gasteiger partial charge in [0.25, 0.3) is 5.91 Å². The number of ether oxygens (including phenoxy) is 3. The van der Waals surface area contributed by atoms with Crippen molar-refractivity contribution in [3.05, 3.63) is 22.7 Å². The normalized spacial score (nSPS) is 10.6. The van der Waals surface area contributed by atoms with Crippen LogP contribution >= 0.6 is 11.3 Å². The summed E-state index contributed by atoms with van der Waals surface area (Å²) in [7, 11) is 8.47. The van der Waals surface area contributed by atoms with Crippen LogP contribution in [0.3, 0.4) is 0 Å². The number of methoxy groups -OCH3 is 3. The van der Waals surface area contributed by atoms with Crippen LogP contribution < -0.4 is 19.5 Å². The molecule has 0 spiro atoms. The van der Waals surface area contributed by atoms with E-state index >= 15 is 0 Å². The van der Waals surface area contributed by atoms with Gasteiger partial charge in [-0.1, -0.05) is 11.3 Å². The van der Waals surface area contributed by atoms with Gasteiger partial charge in [0.1, 0.15) is 5.01 Å². The van der Waals surface area contributed by atoms with Crippen LogP contribution in [0.2, 0.25) is 0 Å². The Morgan fingerprint density at radius 2 is 1.84 bits per heavy atom. The SMILES string of the molecule is COc1ccc(C(=O)Nc2nnc(CCN(C)C)s2)c(OC)c1OC. The Kier molecular flexibility index (Phi) is 6.54. The lowest BCUT2D eigenvalue weighted by molar-refractivity contribution is 0.102. The molecule has 0 saturated carbocycles. The molecule has 2 rings (SSSR count). The number of likely N-dealkylation sites (N-methyl/N-ethyl adjacent to an activating group) is 1. The molecule has 0 aliphatic heterocycles. The Bertz CT molecular complexity index is 733. The molecule has 0 radical (unpaired) electrons. The van der Waals surface area contributed by atoms with Crippen molar-refractivity contribution in [3.8, 4) is 17.2 Å². The van der Waals surface area contributed by atoms with E-state index in [0.29, 0.717) is 27.9 Å². The fraction of sp³-hybridized carbons (Fsp3) is 0.438. The Morgan fingerprint density at radius 1 is 1.12 bits per heavy atom. The Morgan fingerprint density at radius 3 is 2.44 bits per heavy atom. The van der Waals surface area contributed by atoms with E-state index in [2.05, 4.69) is 20.4 Å². The van der Waals surface area contributed by atoms with Gasteiger partial charge in [-0.15, -0.1) is 10.2 Å². The van der Waals surface area contributed by atoms with Crippen LogP contribution in [-0.4, -0.2) is 63.0 Å². The van der Waals surface area contributed by atoms with E-state index in [4.69, 9.17) is 14.2 Å². The van der Waals surface area contributed by atoms with Crippen LogP contribution in [0.25, 0.3) is 0 Å². The molecule has 1 heterocycles.